The summed E-state index contributed by atoms with van der Waals surface area (Å²) in [5.41, 5.74) is 6.24. The Morgan fingerprint density at radius 3 is 2.77 bits per heavy atom. The van der Waals surface area contributed by atoms with E-state index in [1.54, 1.807) is 12.1 Å². The van der Waals surface area contributed by atoms with Gasteiger partial charge in [-0.1, -0.05) is 6.07 Å². The van der Waals surface area contributed by atoms with Crippen LogP contribution in [0.2, 0.25) is 0 Å². The van der Waals surface area contributed by atoms with Gasteiger partial charge >= 0.3 is 12.1 Å². The molecule has 1 aliphatic rings. The number of amides is 1. The predicted octanol–water partition coefficient (Wildman–Crippen LogP) is 0.993. The van der Waals surface area contributed by atoms with E-state index in [1.165, 1.54) is 6.07 Å². The molecule has 0 bridgehead atoms. The van der Waals surface area contributed by atoms with Crippen LogP contribution in [0.3, 0.4) is 0 Å². The fourth-order valence-electron chi connectivity index (χ4n) is 1.91. The van der Waals surface area contributed by atoms with E-state index in [0.29, 0.717) is 30.2 Å². The second kappa shape index (κ2) is 6.22. The molecule has 0 radical (unpaired) electrons. The van der Waals surface area contributed by atoms with Crippen LogP contribution in [0, 0.1) is 0 Å². The maximum atomic E-state index is 12.2. The third kappa shape index (κ3) is 3.67. The molecule has 0 saturated heterocycles. The quantitative estimate of drug-likeness (QED) is 0.808. The zero-order valence-corrected chi connectivity index (χ0v) is 11.3. The molecule has 0 aromatic heterocycles. The lowest BCUT2D eigenvalue weighted by Gasteiger charge is -2.25. The Labute approximate surface area is 123 Å². The molecule has 120 valence electrons. The van der Waals surface area contributed by atoms with E-state index in [9.17, 15) is 22.8 Å². The first kappa shape index (κ1) is 16.1. The van der Waals surface area contributed by atoms with Crippen molar-refractivity contribution < 1.29 is 32.2 Å². The largest absolute Gasteiger partial charge is 0.492 e. The van der Waals surface area contributed by atoms with Crippen molar-refractivity contribution in [1.29, 1.82) is 0 Å². The first-order valence-corrected chi connectivity index (χ1v) is 6.35. The average Bonchev–Trinajstić information content (AvgIpc) is 2.44. The Hall–Kier alpha value is -2.29. The van der Waals surface area contributed by atoms with Crippen molar-refractivity contribution in [3.63, 3.8) is 0 Å². The number of nitrogens with one attached hydrogen (secondary N) is 1. The van der Waals surface area contributed by atoms with Crippen molar-refractivity contribution in [3.8, 4) is 5.75 Å². The summed E-state index contributed by atoms with van der Waals surface area (Å²) in [5, 5.41) is 2.39. The average molecular weight is 318 g/mol. The van der Waals surface area contributed by atoms with Crippen molar-refractivity contribution in [2.24, 2.45) is 5.73 Å². The lowest BCUT2D eigenvalue weighted by Crippen LogP contribution is -2.41. The number of carbonyl (C=O) groups excluding carboxylic acids is 2. The maximum absolute atomic E-state index is 12.2. The summed E-state index contributed by atoms with van der Waals surface area (Å²) < 4.78 is 46.0. The fourth-order valence-corrected chi connectivity index (χ4v) is 1.91. The topological polar surface area (TPSA) is 90.7 Å². The highest BCUT2D eigenvalue weighted by Gasteiger charge is 2.44. The molecule has 1 aromatic carbocycles. The Morgan fingerprint density at radius 2 is 2.14 bits per heavy atom. The minimum atomic E-state index is -5.14. The minimum absolute atomic E-state index is 0.139. The summed E-state index contributed by atoms with van der Waals surface area (Å²) >= 11 is 0. The molecule has 1 unspecified atom stereocenters. The van der Waals surface area contributed by atoms with E-state index in [1.807, 2.05) is 0 Å². The molecular formula is C13H13F3N2O4. The molecule has 0 fully saturated rings. The van der Waals surface area contributed by atoms with Gasteiger partial charge in [0.2, 0.25) is 0 Å². The predicted molar refractivity (Wildman–Crippen MR) is 69.3 cm³/mol. The fraction of sp³-hybridized carbons (Fsp3) is 0.385. The van der Waals surface area contributed by atoms with Crippen molar-refractivity contribution in [1.82, 2.24) is 0 Å². The molecular weight excluding hydrogens is 305 g/mol. The number of carbonyl (C=O) groups is 2. The van der Waals surface area contributed by atoms with Crippen LogP contribution in [0.15, 0.2) is 18.2 Å². The van der Waals surface area contributed by atoms with Crippen LogP contribution in [0.5, 0.6) is 5.75 Å². The number of nitrogens with two attached hydrogens (primary N) is 1. The summed E-state index contributed by atoms with van der Waals surface area (Å²) in [6.07, 6.45) is -6.79. The Morgan fingerprint density at radius 1 is 1.41 bits per heavy atom. The number of ether oxygens (including phenoxy) is 2. The molecule has 0 spiro atoms. The molecule has 1 atom stereocenters. The molecule has 0 aliphatic carbocycles. The second-order valence-electron chi connectivity index (χ2n) is 4.54. The van der Waals surface area contributed by atoms with Crippen LogP contribution in [-0.2, 0) is 20.7 Å². The van der Waals surface area contributed by atoms with Crippen LogP contribution in [0.1, 0.15) is 5.56 Å². The third-order valence-electron chi connectivity index (χ3n) is 2.90. The molecule has 1 aliphatic heterocycles. The van der Waals surface area contributed by atoms with Crippen molar-refractivity contribution >= 4 is 17.6 Å². The van der Waals surface area contributed by atoms with Crippen LogP contribution in [0.4, 0.5) is 18.9 Å². The number of rotatable bonds is 4. The van der Waals surface area contributed by atoms with E-state index >= 15 is 0 Å². The van der Waals surface area contributed by atoms with Gasteiger partial charge in [0.05, 0.1) is 0 Å². The van der Waals surface area contributed by atoms with Gasteiger partial charge in [-0.15, -0.1) is 0 Å². The van der Waals surface area contributed by atoms with Gasteiger partial charge in [-0.25, -0.2) is 4.79 Å². The van der Waals surface area contributed by atoms with Crippen molar-refractivity contribution in [3.05, 3.63) is 23.8 Å². The van der Waals surface area contributed by atoms with E-state index < -0.39 is 24.2 Å². The van der Waals surface area contributed by atoms with Crippen LogP contribution in [-0.4, -0.2) is 37.3 Å². The molecule has 9 heteroatoms. The molecule has 1 aromatic rings. The standard InChI is InChI=1S/C13H13F3N2O4/c14-13(15,16)12(20)22-10-5-7-1-2-8(21-4-3-17)6-9(7)18-11(10)19/h1-2,6,10H,3-5,17H2,(H,18,19). The summed E-state index contributed by atoms with van der Waals surface area (Å²) in [7, 11) is 0. The molecule has 0 saturated carbocycles. The first-order valence-electron chi connectivity index (χ1n) is 6.35. The number of hydrogen-bond donors (Lipinski definition) is 2. The van der Waals surface area contributed by atoms with Gasteiger partial charge in [-0.2, -0.15) is 13.2 Å². The Balaban J connectivity index is 2.10. The molecule has 2 rings (SSSR count). The van der Waals surface area contributed by atoms with Gasteiger partial charge in [0, 0.05) is 24.7 Å². The molecule has 1 amide bonds. The Kier molecular flexibility index (Phi) is 4.55. The first-order chi connectivity index (χ1) is 10.3. The highest BCUT2D eigenvalue weighted by Crippen LogP contribution is 2.29. The van der Waals surface area contributed by atoms with Gasteiger partial charge in [0.25, 0.3) is 5.91 Å². The van der Waals surface area contributed by atoms with Crippen molar-refractivity contribution in [2.45, 2.75) is 18.7 Å². The van der Waals surface area contributed by atoms with Crippen LogP contribution >= 0.6 is 0 Å². The molecule has 3 N–H and O–H groups in total. The van der Waals surface area contributed by atoms with E-state index in [4.69, 9.17) is 10.5 Å². The van der Waals surface area contributed by atoms with Crippen molar-refractivity contribution in [2.75, 3.05) is 18.5 Å². The second-order valence-corrected chi connectivity index (χ2v) is 4.54. The molecule has 22 heavy (non-hydrogen) atoms. The molecule has 6 nitrogen and oxygen atoms in total. The summed E-state index contributed by atoms with van der Waals surface area (Å²) in [5.74, 6) is -2.74. The number of anilines is 1. The number of fused-ring (bicyclic) bond motifs is 1. The van der Waals surface area contributed by atoms with Crippen LogP contribution in [0.25, 0.3) is 0 Å². The maximum Gasteiger partial charge on any atom is 0.490 e. The van der Waals surface area contributed by atoms with E-state index in [0.717, 1.165) is 0 Å². The number of esters is 1. The highest BCUT2D eigenvalue weighted by molar-refractivity contribution is 5.98. The zero-order valence-electron chi connectivity index (χ0n) is 11.3. The van der Waals surface area contributed by atoms with Gasteiger partial charge in [-0.05, 0) is 11.6 Å². The summed E-state index contributed by atoms with van der Waals surface area (Å²) in [4.78, 5) is 22.5. The lowest BCUT2D eigenvalue weighted by molar-refractivity contribution is -0.204. The monoisotopic (exact) mass is 318 g/mol. The number of hydrogen-bond acceptors (Lipinski definition) is 5. The van der Waals surface area contributed by atoms with Gasteiger partial charge in [0.15, 0.2) is 6.10 Å². The number of alkyl halides is 3. The molecule has 1 heterocycles. The van der Waals surface area contributed by atoms with Gasteiger partial charge in [0.1, 0.15) is 12.4 Å². The highest BCUT2D eigenvalue weighted by atomic mass is 19.4. The minimum Gasteiger partial charge on any atom is -0.492 e. The summed E-state index contributed by atoms with van der Waals surface area (Å²) in [6.45, 7) is 0.609. The third-order valence-corrected chi connectivity index (χ3v) is 2.90. The zero-order chi connectivity index (χ0) is 16.3. The van der Waals surface area contributed by atoms with E-state index in [2.05, 4.69) is 10.1 Å². The van der Waals surface area contributed by atoms with Gasteiger partial charge < -0.3 is 20.5 Å². The van der Waals surface area contributed by atoms with Gasteiger partial charge in [-0.3, -0.25) is 4.79 Å². The summed E-state index contributed by atoms with van der Waals surface area (Å²) in [6, 6.07) is 4.70. The normalized spacial score (nSPS) is 17.5. The van der Waals surface area contributed by atoms with Crippen LogP contribution < -0.4 is 15.8 Å². The Bertz CT molecular complexity index is 589. The smallest absolute Gasteiger partial charge is 0.490 e. The van der Waals surface area contributed by atoms with E-state index in [-0.39, 0.29) is 6.42 Å². The number of benzene rings is 1. The lowest BCUT2D eigenvalue weighted by atomic mass is 10.0. The SMILES string of the molecule is NCCOc1ccc2c(c1)NC(=O)C(OC(=O)C(F)(F)F)C2. The number of halogens is 3.